The summed E-state index contributed by atoms with van der Waals surface area (Å²) in [4.78, 5) is 15.6. The molecule has 1 N–H and O–H groups in total. The predicted octanol–water partition coefficient (Wildman–Crippen LogP) is 3.91. The molecule has 6 nitrogen and oxygen atoms in total. The highest BCUT2D eigenvalue weighted by Gasteiger charge is 2.42. The van der Waals surface area contributed by atoms with Gasteiger partial charge in [-0.15, -0.1) is 0 Å². The van der Waals surface area contributed by atoms with E-state index in [1.54, 1.807) is 20.8 Å². The Hall–Kier alpha value is -1.62. The van der Waals surface area contributed by atoms with Crippen LogP contribution in [0.4, 0.5) is 0 Å². The van der Waals surface area contributed by atoms with Gasteiger partial charge in [0.25, 0.3) is 0 Å². The fourth-order valence-electron chi connectivity index (χ4n) is 2.65. The number of para-hydroxylation sites is 1. The normalized spacial score (nSPS) is 13.1. The summed E-state index contributed by atoms with van der Waals surface area (Å²) in [6, 6.07) is 7.75. The molecule has 1 heterocycles. The minimum Gasteiger partial charge on any atom is -0.465 e. The first-order chi connectivity index (χ1) is 11.6. The second-order valence-electron chi connectivity index (χ2n) is 5.21. The van der Waals surface area contributed by atoms with Crippen molar-refractivity contribution in [2.75, 3.05) is 19.8 Å². The maximum atomic E-state index is 13.1. The van der Waals surface area contributed by atoms with Crippen molar-refractivity contribution >= 4 is 24.5 Å². The van der Waals surface area contributed by atoms with Crippen molar-refractivity contribution in [3.8, 4) is 0 Å². The lowest BCUT2D eigenvalue weighted by molar-refractivity contribution is -0.143. The Morgan fingerprint density at radius 3 is 2.42 bits per heavy atom. The zero-order chi connectivity index (χ0) is 17.6. The molecule has 0 saturated heterocycles. The highest BCUT2D eigenvalue weighted by Crippen LogP contribution is 2.54. The van der Waals surface area contributed by atoms with Crippen molar-refractivity contribution in [2.45, 2.75) is 32.9 Å². The molecule has 7 heteroatoms. The fraction of sp³-hybridized carbons (Fsp3) is 0.471. The smallest absolute Gasteiger partial charge is 0.345 e. The molecule has 1 atom stereocenters. The topological polar surface area (TPSA) is 77.6 Å². The van der Waals surface area contributed by atoms with Crippen LogP contribution in [0.3, 0.4) is 0 Å². The second-order valence-corrected chi connectivity index (χ2v) is 7.43. The molecule has 132 valence electrons. The van der Waals surface area contributed by atoms with E-state index in [0.29, 0.717) is 0 Å². The molecule has 0 bridgehead atoms. The Labute approximate surface area is 142 Å². The number of hydrogen-bond acceptors (Lipinski definition) is 5. The highest BCUT2D eigenvalue weighted by atomic mass is 31.2. The van der Waals surface area contributed by atoms with Gasteiger partial charge in [0.05, 0.1) is 19.8 Å². The average molecular weight is 353 g/mol. The van der Waals surface area contributed by atoms with E-state index in [0.717, 1.165) is 16.5 Å². The summed E-state index contributed by atoms with van der Waals surface area (Å²) < 4.78 is 29.0. The van der Waals surface area contributed by atoms with Crippen LogP contribution in [0.2, 0.25) is 0 Å². The fourth-order valence-corrected chi connectivity index (χ4v) is 4.56. The van der Waals surface area contributed by atoms with Gasteiger partial charge in [-0.25, -0.2) is 0 Å². The number of aromatic nitrogens is 1. The Bertz CT molecular complexity index is 717. The van der Waals surface area contributed by atoms with Crippen LogP contribution in [0.1, 0.15) is 26.3 Å². The Morgan fingerprint density at radius 1 is 1.12 bits per heavy atom. The largest absolute Gasteiger partial charge is 0.465 e. The SMILES string of the molecule is CCOC(=O)C(Cc1c[nH]c2ccccc12)P(=O)(OCC)OCC. The lowest BCUT2D eigenvalue weighted by Gasteiger charge is -2.24. The van der Waals surface area contributed by atoms with Crippen molar-refractivity contribution in [2.24, 2.45) is 0 Å². The molecule has 0 spiro atoms. The van der Waals surface area contributed by atoms with Gasteiger partial charge in [-0.3, -0.25) is 9.36 Å². The molecule has 2 aromatic rings. The minimum absolute atomic E-state index is 0.196. The summed E-state index contributed by atoms with van der Waals surface area (Å²) >= 11 is 0. The predicted molar refractivity (Wildman–Crippen MR) is 93.3 cm³/mol. The van der Waals surface area contributed by atoms with E-state index in [-0.39, 0.29) is 26.2 Å². The first-order valence-corrected chi connectivity index (χ1v) is 9.77. The number of H-pyrrole nitrogens is 1. The van der Waals surface area contributed by atoms with E-state index in [1.807, 2.05) is 30.5 Å². The summed E-state index contributed by atoms with van der Waals surface area (Å²) in [5, 5.41) is 0.978. The molecule has 0 aliphatic rings. The summed E-state index contributed by atoms with van der Waals surface area (Å²) in [7, 11) is -3.62. The van der Waals surface area contributed by atoms with Crippen molar-refractivity contribution in [1.82, 2.24) is 4.98 Å². The molecule has 0 aliphatic heterocycles. The third-order valence-electron chi connectivity index (χ3n) is 3.65. The molecule has 0 saturated carbocycles. The van der Waals surface area contributed by atoms with Crippen molar-refractivity contribution < 1.29 is 23.1 Å². The van der Waals surface area contributed by atoms with Gasteiger partial charge in [-0.1, -0.05) is 18.2 Å². The maximum Gasteiger partial charge on any atom is 0.345 e. The van der Waals surface area contributed by atoms with Crippen molar-refractivity contribution in [1.29, 1.82) is 0 Å². The van der Waals surface area contributed by atoms with Crippen LogP contribution in [0.15, 0.2) is 30.5 Å². The zero-order valence-electron chi connectivity index (χ0n) is 14.3. The van der Waals surface area contributed by atoms with Gasteiger partial charge in [0.2, 0.25) is 0 Å². The van der Waals surface area contributed by atoms with Gasteiger partial charge in [0.15, 0.2) is 5.66 Å². The van der Waals surface area contributed by atoms with Crippen LogP contribution < -0.4 is 0 Å². The number of carbonyl (C=O) groups excluding carboxylic acids is 1. The van der Waals surface area contributed by atoms with E-state index >= 15 is 0 Å². The number of rotatable bonds is 9. The van der Waals surface area contributed by atoms with Gasteiger partial charge in [-0.05, 0) is 38.8 Å². The van der Waals surface area contributed by atoms with E-state index in [9.17, 15) is 9.36 Å². The standard InChI is InChI=1S/C17H24NO5P/c1-4-21-17(19)16(24(20,22-5-2)23-6-3)11-13-12-18-15-10-8-7-9-14(13)15/h7-10,12,16,18H,4-6,11H2,1-3H3. The van der Waals surface area contributed by atoms with Gasteiger partial charge >= 0.3 is 13.6 Å². The molecule has 2 rings (SSSR count). The Balaban J connectivity index is 2.38. The number of nitrogens with one attached hydrogen (secondary N) is 1. The number of fused-ring (bicyclic) bond motifs is 1. The van der Waals surface area contributed by atoms with Crippen LogP contribution in [-0.2, 0) is 29.6 Å². The molecular weight excluding hydrogens is 329 g/mol. The van der Waals surface area contributed by atoms with Crippen LogP contribution in [0.25, 0.3) is 10.9 Å². The number of ether oxygens (including phenoxy) is 1. The lowest BCUT2D eigenvalue weighted by atomic mass is 10.1. The second kappa shape index (κ2) is 8.47. The van der Waals surface area contributed by atoms with Crippen LogP contribution in [-0.4, -0.2) is 36.4 Å². The van der Waals surface area contributed by atoms with E-state index in [1.165, 1.54) is 0 Å². The monoisotopic (exact) mass is 353 g/mol. The highest BCUT2D eigenvalue weighted by molar-refractivity contribution is 7.55. The number of aromatic amines is 1. The van der Waals surface area contributed by atoms with Gasteiger partial charge < -0.3 is 18.8 Å². The summed E-state index contributed by atoms with van der Waals surface area (Å²) in [5.41, 5.74) is 0.845. The lowest BCUT2D eigenvalue weighted by Crippen LogP contribution is -2.28. The number of hydrogen-bond donors (Lipinski definition) is 1. The molecule has 0 fully saturated rings. The van der Waals surface area contributed by atoms with Crippen molar-refractivity contribution in [3.05, 3.63) is 36.0 Å². The third-order valence-corrected chi connectivity index (χ3v) is 6.04. The molecule has 1 aromatic carbocycles. The average Bonchev–Trinajstić information content (AvgIpc) is 2.96. The molecule has 1 unspecified atom stereocenters. The first-order valence-electron chi connectivity index (χ1n) is 8.16. The molecule has 1 aromatic heterocycles. The maximum absolute atomic E-state index is 13.1. The molecular formula is C17H24NO5P. The number of esters is 1. The molecule has 0 aliphatic carbocycles. The van der Waals surface area contributed by atoms with E-state index in [2.05, 4.69) is 4.98 Å². The minimum atomic E-state index is -3.62. The van der Waals surface area contributed by atoms with Crippen LogP contribution in [0.5, 0.6) is 0 Å². The Morgan fingerprint density at radius 2 is 1.79 bits per heavy atom. The first kappa shape index (κ1) is 18.7. The zero-order valence-corrected chi connectivity index (χ0v) is 15.2. The molecule has 0 radical (unpaired) electrons. The summed E-state index contributed by atoms with van der Waals surface area (Å²) in [6.07, 6.45) is 2.04. The van der Waals surface area contributed by atoms with Gasteiger partial charge in [0.1, 0.15) is 0 Å². The van der Waals surface area contributed by atoms with Gasteiger partial charge in [0, 0.05) is 17.1 Å². The quantitative estimate of drug-likeness (QED) is 0.546. The van der Waals surface area contributed by atoms with E-state index in [4.69, 9.17) is 13.8 Å². The van der Waals surface area contributed by atoms with Gasteiger partial charge in [-0.2, -0.15) is 0 Å². The molecule has 0 amide bonds. The third kappa shape index (κ3) is 4.07. The van der Waals surface area contributed by atoms with Crippen LogP contribution >= 0.6 is 7.60 Å². The van der Waals surface area contributed by atoms with E-state index < -0.39 is 19.2 Å². The Kier molecular flexibility index (Phi) is 6.60. The van der Waals surface area contributed by atoms with Crippen molar-refractivity contribution in [3.63, 3.8) is 0 Å². The number of carbonyl (C=O) groups is 1. The molecule has 24 heavy (non-hydrogen) atoms. The summed E-state index contributed by atoms with van der Waals surface area (Å²) in [5.74, 6) is -0.562. The van der Waals surface area contributed by atoms with Crippen LogP contribution in [0, 0.1) is 0 Å². The summed E-state index contributed by atoms with van der Waals surface area (Å²) in [6.45, 7) is 5.76. The number of benzene rings is 1.